The molecule has 21 heavy (non-hydrogen) atoms. The highest BCUT2D eigenvalue weighted by Crippen LogP contribution is 2.26. The van der Waals surface area contributed by atoms with Crippen molar-refractivity contribution in [3.8, 4) is 5.75 Å². The van der Waals surface area contributed by atoms with Crippen LogP contribution < -0.4 is 4.74 Å². The highest BCUT2D eigenvalue weighted by molar-refractivity contribution is 5.79. The molecule has 0 aromatic heterocycles. The quantitative estimate of drug-likeness (QED) is 0.774. The van der Waals surface area contributed by atoms with Crippen LogP contribution >= 0.6 is 0 Å². The summed E-state index contributed by atoms with van der Waals surface area (Å²) in [5.74, 6) is 1.46. The summed E-state index contributed by atoms with van der Waals surface area (Å²) >= 11 is 0. The highest BCUT2D eigenvalue weighted by Gasteiger charge is 2.27. The molecular formula is C18H23NO2. The molecule has 1 aliphatic carbocycles. The molecule has 3 nitrogen and oxygen atoms in total. The third-order valence-electron chi connectivity index (χ3n) is 4.45. The molecule has 0 radical (unpaired) electrons. The van der Waals surface area contributed by atoms with Crippen molar-refractivity contribution in [3.05, 3.63) is 42.5 Å². The second-order valence-electron chi connectivity index (χ2n) is 6.15. The summed E-state index contributed by atoms with van der Waals surface area (Å²) in [6, 6.07) is 8.17. The molecule has 1 saturated heterocycles. The van der Waals surface area contributed by atoms with E-state index in [4.69, 9.17) is 4.74 Å². The van der Waals surface area contributed by atoms with E-state index >= 15 is 0 Å². The summed E-state index contributed by atoms with van der Waals surface area (Å²) in [6.45, 7) is 5.25. The van der Waals surface area contributed by atoms with Crippen molar-refractivity contribution < 1.29 is 9.53 Å². The van der Waals surface area contributed by atoms with Gasteiger partial charge in [-0.25, -0.2) is 0 Å². The maximum Gasteiger partial charge on any atom is 0.223 e. The summed E-state index contributed by atoms with van der Waals surface area (Å²) in [4.78, 5) is 13.9. The maximum absolute atomic E-state index is 12.0. The van der Waals surface area contributed by atoms with Crippen LogP contribution in [0, 0.1) is 5.92 Å². The largest absolute Gasteiger partial charge is 0.490 e. The molecule has 0 N–H and O–H groups in total. The molecule has 112 valence electrons. The number of likely N-dealkylation sites (tertiary alicyclic amines) is 1. The second-order valence-corrected chi connectivity index (χ2v) is 6.15. The molecule has 1 aliphatic heterocycles. The summed E-state index contributed by atoms with van der Waals surface area (Å²) < 4.78 is 6.03. The van der Waals surface area contributed by atoms with E-state index in [-0.39, 0.29) is 5.91 Å². The first kappa shape index (κ1) is 14.2. The number of hydrogen-bond donors (Lipinski definition) is 0. The first-order valence-corrected chi connectivity index (χ1v) is 7.90. The van der Waals surface area contributed by atoms with Crippen LogP contribution in [-0.4, -0.2) is 23.5 Å². The van der Waals surface area contributed by atoms with Gasteiger partial charge in [0.25, 0.3) is 0 Å². The highest BCUT2D eigenvalue weighted by atomic mass is 16.5. The van der Waals surface area contributed by atoms with Gasteiger partial charge in [0.15, 0.2) is 0 Å². The number of ether oxygens (including phenoxy) is 1. The number of nitrogens with zero attached hydrogens (tertiary/aromatic N) is 1. The van der Waals surface area contributed by atoms with Crippen LogP contribution in [0.3, 0.4) is 0 Å². The molecule has 0 bridgehead atoms. The van der Waals surface area contributed by atoms with Gasteiger partial charge in [0, 0.05) is 25.4 Å². The van der Waals surface area contributed by atoms with Crippen molar-refractivity contribution >= 4 is 5.91 Å². The van der Waals surface area contributed by atoms with Gasteiger partial charge in [0.05, 0.1) is 6.10 Å². The lowest BCUT2D eigenvalue weighted by Gasteiger charge is -2.18. The Balaban J connectivity index is 1.63. The SMILES string of the molecule is C=CC1CC(=O)N(Cc2cccc(OC3CCCC3)c2)C1. The minimum Gasteiger partial charge on any atom is -0.490 e. The van der Waals surface area contributed by atoms with E-state index in [9.17, 15) is 4.79 Å². The normalized spacial score (nSPS) is 22.8. The Labute approximate surface area is 126 Å². The third-order valence-corrected chi connectivity index (χ3v) is 4.45. The van der Waals surface area contributed by atoms with Crippen molar-refractivity contribution in [3.63, 3.8) is 0 Å². The Morgan fingerprint density at radius 2 is 2.14 bits per heavy atom. The van der Waals surface area contributed by atoms with Gasteiger partial charge in [-0.15, -0.1) is 6.58 Å². The molecule has 3 heteroatoms. The standard InChI is InChI=1S/C18H23NO2/c1-2-14-11-18(20)19(12-14)13-15-6-5-9-17(10-15)21-16-7-3-4-8-16/h2,5-6,9-10,14,16H,1,3-4,7-8,11-13H2. The van der Waals surface area contributed by atoms with Crippen LogP contribution in [-0.2, 0) is 11.3 Å². The summed E-state index contributed by atoms with van der Waals surface area (Å²) in [7, 11) is 0. The Morgan fingerprint density at radius 1 is 1.33 bits per heavy atom. The number of hydrogen-bond acceptors (Lipinski definition) is 2. The van der Waals surface area contributed by atoms with E-state index in [1.54, 1.807) is 0 Å². The van der Waals surface area contributed by atoms with Gasteiger partial charge in [-0.2, -0.15) is 0 Å². The van der Waals surface area contributed by atoms with Crippen LogP contribution in [0.2, 0.25) is 0 Å². The Morgan fingerprint density at radius 3 is 2.86 bits per heavy atom. The predicted octanol–water partition coefficient (Wildman–Crippen LogP) is 3.54. The fourth-order valence-electron chi connectivity index (χ4n) is 3.25. The van der Waals surface area contributed by atoms with Crippen molar-refractivity contribution in [2.75, 3.05) is 6.54 Å². The molecule has 1 heterocycles. The average Bonchev–Trinajstić information content (AvgIpc) is 3.10. The minimum absolute atomic E-state index is 0.224. The zero-order valence-electron chi connectivity index (χ0n) is 12.5. The minimum atomic E-state index is 0.224. The number of benzene rings is 1. The lowest BCUT2D eigenvalue weighted by atomic mass is 10.1. The van der Waals surface area contributed by atoms with Gasteiger partial charge in [-0.05, 0) is 43.4 Å². The Bertz CT molecular complexity index is 520. The summed E-state index contributed by atoms with van der Waals surface area (Å²) in [5, 5.41) is 0. The zero-order valence-corrected chi connectivity index (χ0v) is 12.5. The zero-order chi connectivity index (χ0) is 14.7. The fourth-order valence-corrected chi connectivity index (χ4v) is 3.25. The predicted molar refractivity (Wildman–Crippen MR) is 83.0 cm³/mol. The molecule has 1 unspecified atom stereocenters. The number of carbonyl (C=O) groups is 1. The van der Waals surface area contributed by atoms with Crippen LogP contribution in [0.5, 0.6) is 5.75 Å². The molecule has 1 aromatic carbocycles. The van der Waals surface area contributed by atoms with Crippen molar-refractivity contribution in [1.82, 2.24) is 4.90 Å². The van der Waals surface area contributed by atoms with E-state index in [0.717, 1.165) is 30.7 Å². The van der Waals surface area contributed by atoms with Crippen LogP contribution in [0.4, 0.5) is 0 Å². The van der Waals surface area contributed by atoms with Crippen molar-refractivity contribution in [2.45, 2.75) is 44.8 Å². The molecule has 0 spiro atoms. The van der Waals surface area contributed by atoms with E-state index in [0.29, 0.717) is 25.0 Å². The van der Waals surface area contributed by atoms with E-state index in [2.05, 4.69) is 18.7 Å². The molecular weight excluding hydrogens is 262 g/mol. The molecule has 1 saturated carbocycles. The number of amides is 1. The molecule has 1 amide bonds. The van der Waals surface area contributed by atoms with Gasteiger partial charge in [-0.3, -0.25) is 4.79 Å². The van der Waals surface area contributed by atoms with Gasteiger partial charge in [-0.1, -0.05) is 18.2 Å². The second kappa shape index (κ2) is 6.33. The first-order valence-electron chi connectivity index (χ1n) is 7.90. The molecule has 1 atom stereocenters. The lowest BCUT2D eigenvalue weighted by Crippen LogP contribution is -2.24. The van der Waals surface area contributed by atoms with Crippen LogP contribution in [0.1, 0.15) is 37.7 Å². The molecule has 1 aromatic rings. The summed E-state index contributed by atoms with van der Waals surface area (Å²) in [5.41, 5.74) is 1.14. The topological polar surface area (TPSA) is 29.5 Å². The number of carbonyl (C=O) groups excluding carboxylic acids is 1. The van der Waals surface area contributed by atoms with E-state index in [1.807, 2.05) is 23.1 Å². The lowest BCUT2D eigenvalue weighted by molar-refractivity contribution is -0.128. The van der Waals surface area contributed by atoms with Crippen LogP contribution in [0.25, 0.3) is 0 Å². The maximum atomic E-state index is 12.0. The van der Waals surface area contributed by atoms with Gasteiger partial charge in [0.1, 0.15) is 5.75 Å². The fraction of sp³-hybridized carbons (Fsp3) is 0.500. The van der Waals surface area contributed by atoms with Crippen LogP contribution in [0.15, 0.2) is 36.9 Å². The van der Waals surface area contributed by atoms with Gasteiger partial charge in [0.2, 0.25) is 5.91 Å². The smallest absolute Gasteiger partial charge is 0.223 e. The van der Waals surface area contributed by atoms with Crippen molar-refractivity contribution in [1.29, 1.82) is 0 Å². The molecule has 3 rings (SSSR count). The molecule has 2 aliphatic rings. The van der Waals surface area contributed by atoms with Gasteiger partial charge < -0.3 is 9.64 Å². The first-order chi connectivity index (χ1) is 10.2. The monoisotopic (exact) mass is 285 g/mol. The van der Waals surface area contributed by atoms with E-state index in [1.165, 1.54) is 12.8 Å². The number of rotatable bonds is 5. The van der Waals surface area contributed by atoms with Crippen molar-refractivity contribution in [2.24, 2.45) is 5.92 Å². The Kier molecular flexibility index (Phi) is 4.28. The van der Waals surface area contributed by atoms with E-state index < -0.39 is 0 Å². The Hall–Kier alpha value is -1.77. The molecule has 2 fully saturated rings. The van der Waals surface area contributed by atoms with Gasteiger partial charge >= 0.3 is 0 Å². The third kappa shape index (κ3) is 3.46. The summed E-state index contributed by atoms with van der Waals surface area (Å²) in [6.07, 6.45) is 7.73. The average molecular weight is 285 g/mol.